The van der Waals surface area contributed by atoms with Crippen LogP contribution in [0.1, 0.15) is 25.1 Å². The molecule has 0 aliphatic heterocycles. The summed E-state index contributed by atoms with van der Waals surface area (Å²) in [6, 6.07) is 0. The summed E-state index contributed by atoms with van der Waals surface area (Å²) in [5.74, 6) is -0.799. The number of rotatable bonds is 3. The number of carboxylic acids is 1. The standard InChI is InChI=1S/C7H10N2O2.ClH/c1-2-5(7(10)11)6-8-3-4-9-6;/h3-5H,2H2,1H3,(H,8,9)(H,10,11);1H. The van der Waals surface area contributed by atoms with Gasteiger partial charge in [-0.25, -0.2) is 4.98 Å². The van der Waals surface area contributed by atoms with Crippen LogP contribution < -0.4 is 0 Å². The number of aromatic nitrogens is 2. The van der Waals surface area contributed by atoms with Crippen LogP contribution in [0, 0.1) is 0 Å². The number of hydrogen-bond acceptors (Lipinski definition) is 2. The predicted molar refractivity (Wildman–Crippen MR) is 46.5 cm³/mol. The second-order valence-electron chi connectivity index (χ2n) is 2.27. The summed E-state index contributed by atoms with van der Waals surface area (Å²) in [5, 5.41) is 8.69. The van der Waals surface area contributed by atoms with Gasteiger partial charge in [-0.05, 0) is 6.42 Å². The molecule has 0 aromatic carbocycles. The van der Waals surface area contributed by atoms with Crippen molar-refractivity contribution in [2.45, 2.75) is 19.3 Å². The van der Waals surface area contributed by atoms with Crippen LogP contribution in [0.15, 0.2) is 12.4 Å². The topological polar surface area (TPSA) is 66.0 Å². The first-order valence-electron chi connectivity index (χ1n) is 3.47. The third-order valence-electron chi connectivity index (χ3n) is 1.56. The highest BCUT2D eigenvalue weighted by atomic mass is 35.5. The number of aromatic amines is 1. The van der Waals surface area contributed by atoms with Crippen LogP contribution >= 0.6 is 12.4 Å². The van der Waals surface area contributed by atoms with Gasteiger partial charge in [0.05, 0.1) is 0 Å². The zero-order valence-electron chi connectivity index (χ0n) is 6.65. The van der Waals surface area contributed by atoms with E-state index < -0.39 is 11.9 Å². The third kappa shape index (κ3) is 2.23. The second-order valence-corrected chi connectivity index (χ2v) is 2.27. The molecule has 12 heavy (non-hydrogen) atoms. The van der Waals surface area contributed by atoms with Gasteiger partial charge in [-0.1, -0.05) is 6.92 Å². The molecule has 68 valence electrons. The second kappa shape index (κ2) is 4.77. The number of halogens is 1. The van der Waals surface area contributed by atoms with Gasteiger partial charge < -0.3 is 10.1 Å². The van der Waals surface area contributed by atoms with Crippen LogP contribution in [0.3, 0.4) is 0 Å². The molecule has 4 nitrogen and oxygen atoms in total. The lowest BCUT2D eigenvalue weighted by Crippen LogP contribution is -2.11. The molecule has 0 spiro atoms. The van der Waals surface area contributed by atoms with Crippen molar-refractivity contribution in [1.82, 2.24) is 9.97 Å². The number of aliphatic carboxylic acids is 1. The molecule has 0 bridgehead atoms. The molecule has 0 aliphatic carbocycles. The van der Waals surface area contributed by atoms with E-state index >= 15 is 0 Å². The Labute approximate surface area is 76.4 Å². The summed E-state index contributed by atoms with van der Waals surface area (Å²) in [6.07, 6.45) is 3.74. The van der Waals surface area contributed by atoms with Gasteiger partial charge in [0.2, 0.25) is 0 Å². The van der Waals surface area contributed by atoms with Gasteiger partial charge in [0, 0.05) is 12.4 Å². The van der Waals surface area contributed by atoms with Gasteiger partial charge in [0.25, 0.3) is 0 Å². The van der Waals surface area contributed by atoms with E-state index in [4.69, 9.17) is 5.11 Å². The summed E-state index contributed by atoms with van der Waals surface area (Å²) in [7, 11) is 0. The highest BCUT2D eigenvalue weighted by Crippen LogP contribution is 2.14. The molecule has 1 atom stereocenters. The Balaban J connectivity index is 0.00000121. The van der Waals surface area contributed by atoms with Gasteiger partial charge in [0.1, 0.15) is 11.7 Å². The van der Waals surface area contributed by atoms with E-state index in [1.54, 1.807) is 12.4 Å². The van der Waals surface area contributed by atoms with Crippen molar-refractivity contribution in [3.63, 3.8) is 0 Å². The molecule has 0 radical (unpaired) electrons. The van der Waals surface area contributed by atoms with E-state index in [0.717, 1.165) is 0 Å². The fraction of sp³-hybridized carbons (Fsp3) is 0.429. The Morgan fingerprint density at radius 1 is 1.83 bits per heavy atom. The minimum atomic E-state index is -0.831. The average molecular weight is 191 g/mol. The van der Waals surface area contributed by atoms with Crippen molar-refractivity contribution in [1.29, 1.82) is 0 Å². The van der Waals surface area contributed by atoms with Crippen molar-refractivity contribution in [3.8, 4) is 0 Å². The van der Waals surface area contributed by atoms with Crippen LogP contribution in [0.5, 0.6) is 0 Å². The van der Waals surface area contributed by atoms with E-state index in [2.05, 4.69) is 9.97 Å². The first-order valence-corrected chi connectivity index (χ1v) is 3.47. The molecule has 0 saturated heterocycles. The Morgan fingerprint density at radius 3 is 2.83 bits per heavy atom. The zero-order valence-corrected chi connectivity index (χ0v) is 7.47. The van der Waals surface area contributed by atoms with E-state index in [-0.39, 0.29) is 12.4 Å². The minimum absolute atomic E-state index is 0. The van der Waals surface area contributed by atoms with Gasteiger partial charge in [-0.2, -0.15) is 0 Å². The molecular formula is C7H11ClN2O2. The van der Waals surface area contributed by atoms with Gasteiger partial charge in [-0.15, -0.1) is 12.4 Å². The van der Waals surface area contributed by atoms with Gasteiger partial charge in [0.15, 0.2) is 0 Å². The average Bonchev–Trinajstić information content (AvgIpc) is 2.40. The van der Waals surface area contributed by atoms with Crippen LogP contribution in [0.2, 0.25) is 0 Å². The maximum atomic E-state index is 10.6. The molecule has 2 N–H and O–H groups in total. The molecule has 1 heterocycles. The molecular weight excluding hydrogens is 180 g/mol. The van der Waals surface area contributed by atoms with Crippen molar-refractivity contribution in [2.24, 2.45) is 0 Å². The van der Waals surface area contributed by atoms with Crippen LogP contribution in [0.25, 0.3) is 0 Å². The van der Waals surface area contributed by atoms with Crippen molar-refractivity contribution >= 4 is 18.4 Å². The maximum absolute atomic E-state index is 10.6. The summed E-state index contributed by atoms with van der Waals surface area (Å²) in [4.78, 5) is 17.2. The smallest absolute Gasteiger partial charge is 0.314 e. The van der Waals surface area contributed by atoms with Gasteiger partial charge in [-0.3, -0.25) is 4.79 Å². The normalized spacial score (nSPS) is 11.8. The molecule has 0 amide bonds. The molecule has 0 fully saturated rings. The maximum Gasteiger partial charge on any atom is 0.314 e. The van der Waals surface area contributed by atoms with Crippen LogP contribution in [-0.4, -0.2) is 21.0 Å². The van der Waals surface area contributed by atoms with E-state index in [9.17, 15) is 4.79 Å². The Kier molecular flexibility index (Phi) is 4.36. The van der Waals surface area contributed by atoms with Crippen LogP contribution in [-0.2, 0) is 4.79 Å². The van der Waals surface area contributed by atoms with Gasteiger partial charge >= 0.3 is 5.97 Å². The number of carboxylic acid groups (broad SMARTS) is 1. The molecule has 0 saturated carbocycles. The van der Waals surface area contributed by atoms with Crippen molar-refractivity contribution in [2.75, 3.05) is 0 Å². The fourth-order valence-electron chi connectivity index (χ4n) is 0.953. The predicted octanol–water partition coefficient (Wildman–Crippen LogP) is 1.41. The van der Waals surface area contributed by atoms with Crippen LogP contribution in [0.4, 0.5) is 0 Å². The Bertz CT molecular complexity index is 236. The monoisotopic (exact) mass is 190 g/mol. The molecule has 1 unspecified atom stereocenters. The lowest BCUT2D eigenvalue weighted by Gasteiger charge is -2.04. The Morgan fingerprint density at radius 2 is 2.50 bits per heavy atom. The summed E-state index contributed by atoms with van der Waals surface area (Å²) in [5.41, 5.74) is 0. The lowest BCUT2D eigenvalue weighted by atomic mass is 10.1. The highest BCUT2D eigenvalue weighted by Gasteiger charge is 2.18. The number of carbonyl (C=O) groups is 1. The van der Waals surface area contributed by atoms with Crippen molar-refractivity contribution < 1.29 is 9.90 Å². The lowest BCUT2D eigenvalue weighted by molar-refractivity contribution is -0.139. The summed E-state index contributed by atoms with van der Waals surface area (Å²) < 4.78 is 0. The molecule has 1 rings (SSSR count). The molecule has 5 heteroatoms. The first-order chi connectivity index (χ1) is 5.25. The summed E-state index contributed by atoms with van der Waals surface area (Å²) >= 11 is 0. The van der Waals surface area contributed by atoms with Crippen molar-refractivity contribution in [3.05, 3.63) is 18.2 Å². The molecule has 0 aliphatic rings. The SMILES string of the molecule is CCC(C(=O)O)c1ncc[nH]1.Cl. The number of hydrogen-bond donors (Lipinski definition) is 2. The van der Waals surface area contributed by atoms with E-state index in [1.807, 2.05) is 6.92 Å². The number of nitrogens with zero attached hydrogens (tertiary/aromatic N) is 1. The summed E-state index contributed by atoms with van der Waals surface area (Å²) in [6.45, 7) is 1.82. The zero-order chi connectivity index (χ0) is 8.27. The molecule has 1 aromatic heterocycles. The minimum Gasteiger partial charge on any atom is -0.481 e. The highest BCUT2D eigenvalue weighted by molar-refractivity contribution is 5.85. The first kappa shape index (κ1) is 11.0. The van der Waals surface area contributed by atoms with E-state index in [1.165, 1.54) is 0 Å². The number of imidazole rings is 1. The van der Waals surface area contributed by atoms with E-state index in [0.29, 0.717) is 12.2 Å². The fourth-order valence-corrected chi connectivity index (χ4v) is 0.953. The Hall–Kier alpha value is -1.03. The quantitative estimate of drug-likeness (QED) is 0.758. The number of nitrogens with one attached hydrogen (secondary N) is 1. The molecule has 1 aromatic rings. The number of H-pyrrole nitrogens is 1. The largest absolute Gasteiger partial charge is 0.481 e. The third-order valence-corrected chi connectivity index (χ3v) is 1.56.